The summed E-state index contributed by atoms with van der Waals surface area (Å²) < 4.78 is 0. The number of hydrogen-bond acceptors (Lipinski definition) is 2. The summed E-state index contributed by atoms with van der Waals surface area (Å²) in [5.41, 5.74) is 16.6. The molecule has 0 amide bonds. The Kier molecular flexibility index (Phi) is 5.91. The van der Waals surface area contributed by atoms with Crippen LogP contribution in [0.2, 0.25) is 0 Å². The molecule has 0 atom stereocenters. The number of benzene rings is 8. The Morgan fingerprint density at radius 1 is 0.314 bits per heavy atom. The molecule has 1 spiro atoms. The van der Waals surface area contributed by atoms with Crippen molar-refractivity contribution in [2.24, 2.45) is 0 Å². The molecular weight excluding hydrogens is 617 g/mol. The van der Waals surface area contributed by atoms with Crippen LogP contribution in [0.3, 0.4) is 0 Å². The molecule has 51 heavy (non-hydrogen) atoms. The molecule has 2 aliphatic carbocycles. The van der Waals surface area contributed by atoms with E-state index in [1.807, 2.05) is 24.3 Å². The molecule has 2 heteroatoms. The maximum atomic E-state index is 4.55. The minimum atomic E-state index is -0.401. The van der Waals surface area contributed by atoms with Crippen molar-refractivity contribution >= 4 is 21.5 Å². The van der Waals surface area contributed by atoms with Crippen molar-refractivity contribution in [2.75, 3.05) is 0 Å². The maximum Gasteiger partial charge on any atom is 0.0930 e. The second-order valence-electron chi connectivity index (χ2n) is 13.8. The quantitative estimate of drug-likeness (QED) is 0.191. The molecule has 2 aliphatic rings. The van der Waals surface area contributed by atoms with Crippen LogP contribution in [0, 0.1) is 0 Å². The molecule has 2 nitrogen and oxygen atoms in total. The summed E-state index contributed by atoms with van der Waals surface area (Å²) in [6.07, 6.45) is 0. The van der Waals surface area contributed by atoms with Gasteiger partial charge in [-0.05, 0) is 108 Å². The van der Waals surface area contributed by atoms with E-state index in [-0.39, 0.29) is 0 Å². The molecule has 0 bridgehead atoms. The monoisotopic (exact) mass is 646 g/mol. The number of aromatic nitrogens is 2. The van der Waals surface area contributed by atoms with Crippen LogP contribution in [-0.4, -0.2) is 10.2 Å². The van der Waals surface area contributed by atoms with E-state index in [9.17, 15) is 0 Å². The molecule has 0 saturated heterocycles. The molecule has 0 aliphatic heterocycles. The van der Waals surface area contributed by atoms with Gasteiger partial charge in [0, 0.05) is 11.1 Å². The van der Waals surface area contributed by atoms with E-state index in [1.54, 1.807) is 0 Å². The lowest BCUT2D eigenvalue weighted by Crippen LogP contribution is -2.26. The Balaban J connectivity index is 1.06. The lowest BCUT2D eigenvalue weighted by Gasteiger charge is -2.31. The summed E-state index contributed by atoms with van der Waals surface area (Å²) in [6, 6.07) is 66.4. The van der Waals surface area contributed by atoms with Gasteiger partial charge in [0.2, 0.25) is 0 Å². The maximum absolute atomic E-state index is 4.55. The van der Waals surface area contributed by atoms with Gasteiger partial charge < -0.3 is 0 Å². The Hall–Kier alpha value is -6.64. The fourth-order valence-corrected chi connectivity index (χ4v) is 8.92. The predicted octanol–water partition coefficient (Wildman–Crippen LogP) is 12.1. The van der Waals surface area contributed by atoms with Gasteiger partial charge >= 0.3 is 0 Å². The Bertz CT molecular complexity index is 2790. The van der Waals surface area contributed by atoms with E-state index < -0.39 is 5.41 Å². The lowest BCUT2D eigenvalue weighted by atomic mass is 9.69. The van der Waals surface area contributed by atoms with E-state index in [0.29, 0.717) is 0 Å². The van der Waals surface area contributed by atoms with E-state index >= 15 is 0 Å². The van der Waals surface area contributed by atoms with Crippen LogP contribution in [0.1, 0.15) is 22.3 Å². The van der Waals surface area contributed by atoms with Crippen LogP contribution in [0.5, 0.6) is 0 Å². The largest absolute Gasteiger partial charge is 0.150 e. The Morgan fingerprint density at radius 3 is 1.63 bits per heavy atom. The summed E-state index contributed by atoms with van der Waals surface area (Å²) >= 11 is 0. The van der Waals surface area contributed by atoms with Gasteiger partial charge in [0.15, 0.2) is 0 Å². The minimum absolute atomic E-state index is 0.401. The van der Waals surface area contributed by atoms with E-state index in [1.165, 1.54) is 77.2 Å². The summed E-state index contributed by atoms with van der Waals surface area (Å²) in [4.78, 5) is 0. The molecule has 236 valence electrons. The molecule has 0 unspecified atom stereocenters. The first-order chi connectivity index (χ1) is 25.3. The first-order valence-corrected chi connectivity index (χ1v) is 17.6. The molecule has 9 aromatic rings. The fraction of sp³-hybridized carbons (Fsp3) is 0.0204. The first-order valence-electron chi connectivity index (χ1n) is 17.6. The van der Waals surface area contributed by atoms with E-state index in [0.717, 1.165) is 22.5 Å². The number of hydrogen-bond donors (Lipinski definition) is 0. The third-order valence-corrected chi connectivity index (χ3v) is 11.2. The van der Waals surface area contributed by atoms with Crippen molar-refractivity contribution in [1.29, 1.82) is 0 Å². The topological polar surface area (TPSA) is 25.8 Å². The van der Waals surface area contributed by atoms with Crippen molar-refractivity contribution in [3.05, 3.63) is 204 Å². The first kappa shape index (κ1) is 28.2. The molecule has 0 fully saturated rings. The zero-order chi connectivity index (χ0) is 33.5. The predicted molar refractivity (Wildman–Crippen MR) is 210 cm³/mol. The van der Waals surface area contributed by atoms with Crippen LogP contribution >= 0.6 is 0 Å². The van der Waals surface area contributed by atoms with Crippen molar-refractivity contribution in [2.45, 2.75) is 5.41 Å². The van der Waals surface area contributed by atoms with Gasteiger partial charge in [-0.15, -0.1) is 10.2 Å². The molecule has 0 N–H and O–H groups in total. The Labute approximate surface area is 296 Å². The zero-order valence-corrected chi connectivity index (χ0v) is 27.7. The van der Waals surface area contributed by atoms with E-state index in [2.05, 4.69) is 168 Å². The highest BCUT2D eigenvalue weighted by molar-refractivity contribution is 6.06. The van der Waals surface area contributed by atoms with Gasteiger partial charge in [0.1, 0.15) is 0 Å². The van der Waals surface area contributed by atoms with Gasteiger partial charge in [0.25, 0.3) is 0 Å². The molecule has 1 heterocycles. The highest BCUT2D eigenvalue weighted by atomic mass is 15.1. The highest BCUT2D eigenvalue weighted by Crippen LogP contribution is 2.64. The van der Waals surface area contributed by atoms with Crippen molar-refractivity contribution in [1.82, 2.24) is 10.2 Å². The summed E-state index contributed by atoms with van der Waals surface area (Å²) in [7, 11) is 0. The van der Waals surface area contributed by atoms with Gasteiger partial charge in [-0.25, -0.2) is 0 Å². The van der Waals surface area contributed by atoms with Gasteiger partial charge in [-0.3, -0.25) is 0 Å². The molecule has 1 aromatic heterocycles. The number of nitrogens with zero attached hydrogens (tertiary/aromatic N) is 2. The molecule has 8 aromatic carbocycles. The summed E-state index contributed by atoms with van der Waals surface area (Å²) in [5.74, 6) is 0. The zero-order valence-electron chi connectivity index (χ0n) is 27.7. The van der Waals surface area contributed by atoms with Crippen LogP contribution in [0.15, 0.2) is 182 Å². The normalized spacial score (nSPS) is 13.3. The average Bonchev–Trinajstić information content (AvgIpc) is 3.67. The number of fused-ring (bicyclic) bond motifs is 13. The second kappa shape index (κ2) is 10.7. The standard InChI is InChI=1S/C49H30N2/c1-2-11-33(12-3-1)46-26-27-47(51-50-46)34-20-18-31(19-21-34)35-22-23-36-29-42-41-25-24-32-10-4-5-13-38(32)48(41)49(45(42)30-37(36)28-35)43-16-8-6-14-39(43)40-15-7-9-17-44(40)49/h1-30H. The SMILES string of the molecule is c1ccc(-c2ccc(-c3ccc(-c4ccc5cc6c(cc5c4)C4(c5ccccc5-c5ccccc54)c4c-6ccc5ccccc45)cc3)nn2)cc1. The van der Waals surface area contributed by atoms with Crippen molar-refractivity contribution < 1.29 is 0 Å². The molecule has 11 rings (SSSR count). The smallest absolute Gasteiger partial charge is 0.0930 e. The molecule has 0 saturated carbocycles. The van der Waals surface area contributed by atoms with Gasteiger partial charge in [-0.1, -0.05) is 152 Å². The van der Waals surface area contributed by atoms with Gasteiger partial charge in [0.05, 0.1) is 16.8 Å². The average molecular weight is 647 g/mol. The minimum Gasteiger partial charge on any atom is -0.150 e. The fourth-order valence-electron chi connectivity index (χ4n) is 8.92. The third kappa shape index (κ3) is 3.99. The summed E-state index contributed by atoms with van der Waals surface area (Å²) in [6.45, 7) is 0. The van der Waals surface area contributed by atoms with Crippen molar-refractivity contribution in [3.63, 3.8) is 0 Å². The number of rotatable bonds is 3. The highest BCUT2D eigenvalue weighted by Gasteiger charge is 2.52. The second-order valence-corrected chi connectivity index (χ2v) is 13.8. The Morgan fingerprint density at radius 2 is 0.902 bits per heavy atom. The van der Waals surface area contributed by atoms with E-state index in [4.69, 9.17) is 0 Å². The van der Waals surface area contributed by atoms with Crippen LogP contribution in [0.4, 0.5) is 0 Å². The third-order valence-electron chi connectivity index (χ3n) is 11.2. The van der Waals surface area contributed by atoms with Crippen LogP contribution in [0.25, 0.3) is 77.4 Å². The van der Waals surface area contributed by atoms with Crippen molar-refractivity contribution in [3.8, 4) is 55.9 Å². The summed E-state index contributed by atoms with van der Waals surface area (Å²) in [5, 5.41) is 14.2. The van der Waals surface area contributed by atoms with Crippen LogP contribution in [-0.2, 0) is 5.41 Å². The molecule has 0 radical (unpaired) electrons. The van der Waals surface area contributed by atoms with Gasteiger partial charge in [-0.2, -0.15) is 0 Å². The van der Waals surface area contributed by atoms with Crippen LogP contribution < -0.4 is 0 Å². The lowest BCUT2D eigenvalue weighted by molar-refractivity contribution is 0.802. The molecular formula is C49H30N2.